The fraction of sp³-hybridized carbons (Fsp3) is 0.611. The number of hydrogen-bond acceptors (Lipinski definition) is 4. The number of rotatable bonds is 5. The molecule has 1 amide bonds. The second-order valence-corrected chi connectivity index (χ2v) is 6.42. The van der Waals surface area contributed by atoms with Gasteiger partial charge < -0.3 is 19.5 Å². The number of nitrogens with zero attached hydrogens (tertiary/aromatic N) is 1. The van der Waals surface area contributed by atoms with Gasteiger partial charge in [-0.15, -0.1) is 0 Å². The molecule has 5 nitrogen and oxygen atoms in total. The van der Waals surface area contributed by atoms with E-state index in [9.17, 15) is 14.3 Å². The molecular formula is C18H24FNO4. The van der Waals surface area contributed by atoms with E-state index in [1.54, 1.807) is 12.1 Å². The molecule has 2 aliphatic heterocycles. The largest absolute Gasteiger partial charge is 0.388 e. The van der Waals surface area contributed by atoms with Gasteiger partial charge in [-0.2, -0.15) is 0 Å². The molecule has 6 heteroatoms. The number of carbonyl (C=O) groups is 1. The van der Waals surface area contributed by atoms with Crippen LogP contribution in [0.1, 0.15) is 43.8 Å². The van der Waals surface area contributed by atoms with Gasteiger partial charge >= 0.3 is 0 Å². The molecule has 2 saturated heterocycles. The summed E-state index contributed by atoms with van der Waals surface area (Å²) in [5.74, 6) is -0.313. The molecule has 1 aromatic carbocycles. The molecule has 1 aromatic rings. The van der Waals surface area contributed by atoms with E-state index in [1.165, 1.54) is 12.1 Å². The molecule has 2 fully saturated rings. The monoisotopic (exact) mass is 337 g/mol. The fourth-order valence-electron chi connectivity index (χ4n) is 3.40. The molecule has 0 aliphatic carbocycles. The zero-order valence-electron chi connectivity index (χ0n) is 13.7. The van der Waals surface area contributed by atoms with Crippen LogP contribution in [0.3, 0.4) is 0 Å². The van der Waals surface area contributed by atoms with Crippen molar-refractivity contribution < 1.29 is 23.8 Å². The molecule has 0 spiro atoms. The Morgan fingerprint density at radius 2 is 1.96 bits per heavy atom. The average molecular weight is 337 g/mol. The van der Waals surface area contributed by atoms with Crippen LogP contribution in [0.4, 0.5) is 4.39 Å². The maximum Gasteiger partial charge on any atom is 0.227 e. The number of likely N-dealkylation sites (tertiary alicyclic amines) is 1. The highest BCUT2D eigenvalue weighted by atomic mass is 19.1. The normalized spacial score (nSPS) is 23.4. The maximum atomic E-state index is 13.0. The minimum atomic E-state index is -0.703. The van der Waals surface area contributed by atoms with E-state index < -0.39 is 12.4 Å². The van der Waals surface area contributed by atoms with Crippen molar-refractivity contribution in [3.63, 3.8) is 0 Å². The van der Waals surface area contributed by atoms with Gasteiger partial charge in [-0.25, -0.2) is 4.39 Å². The van der Waals surface area contributed by atoms with Crippen molar-refractivity contribution >= 4 is 5.91 Å². The molecule has 3 rings (SSSR count). The Kier molecular flexibility index (Phi) is 5.81. The molecule has 0 aromatic heterocycles. The lowest BCUT2D eigenvalue weighted by Crippen LogP contribution is -2.39. The van der Waals surface area contributed by atoms with Crippen molar-refractivity contribution in [1.29, 1.82) is 0 Å². The molecule has 0 saturated carbocycles. The van der Waals surface area contributed by atoms with Crippen molar-refractivity contribution in [2.24, 2.45) is 0 Å². The zero-order valence-corrected chi connectivity index (χ0v) is 13.7. The van der Waals surface area contributed by atoms with Crippen LogP contribution >= 0.6 is 0 Å². The Balaban J connectivity index is 1.56. The van der Waals surface area contributed by atoms with E-state index in [1.807, 2.05) is 4.90 Å². The number of aliphatic hydroxyl groups is 1. The highest BCUT2D eigenvalue weighted by Gasteiger charge is 2.32. The van der Waals surface area contributed by atoms with Gasteiger partial charge in [0.1, 0.15) is 5.82 Å². The van der Waals surface area contributed by atoms with Gasteiger partial charge in [0.25, 0.3) is 0 Å². The predicted octanol–water partition coefficient (Wildman–Crippen LogP) is 2.39. The van der Waals surface area contributed by atoms with Gasteiger partial charge in [0, 0.05) is 12.6 Å². The van der Waals surface area contributed by atoms with Crippen LogP contribution in [0, 0.1) is 5.82 Å². The van der Waals surface area contributed by atoms with Crippen molar-refractivity contribution in [2.75, 3.05) is 19.8 Å². The molecule has 1 N–H and O–H groups in total. The molecule has 0 radical (unpaired) electrons. The third kappa shape index (κ3) is 4.32. The molecule has 2 heterocycles. The summed E-state index contributed by atoms with van der Waals surface area (Å²) in [6, 6.07) is 5.86. The van der Waals surface area contributed by atoms with E-state index in [0.29, 0.717) is 31.7 Å². The molecule has 24 heavy (non-hydrogen) atoms. The topological polar surface area (TPSA) is 59.0 Å². The highest BCUT2D eigenvalue weighted by molar-refractivity contribution is 5.77. The standard InChI is InChI=1S/C18H24FNO4/c19-14-6-4-13(5-7-14)16(21)11-15-3-1-8-20(15)17(22)12-18-23-9-2-10-24-18/h4-7,15-16,18,21H,1-3,8-12H2/t15-,16-/m0/s1. The summed E-state index contributed by atoms with van der Waals surface area (Å²) in [7, 11) is 0. The summed E-state index contributed by atoms with van der Waals surface area (Å²) in [5.41, 5.74) is 0.676. The smallest absolute Gasteiger partial charge is 0.227 e. The Labute approximate surface area is 141 Å². The summed E-state index contributed by atoms with van der Waals surface area (Å²) in [5, 5.41) is 10.4. The van der Waals surface area contributed by atoms with Crippen molar-refractivity contribution in [2.45, 2.75) is 50.5 Å². The first kappa shape index (κ1) is 17.3. The lowest BCUT2D eigenvalue weighted by atomic mass is 10.0. The first-order valence-corrected chi connectivity index (χ1v) is 8.59. The first-order chi connectivity index (χ1) is 11.6. The van der Waals surface area contributed by atoms with E-state index in [-0.39, 0.29) is 24.2 Å². The Morgan fingerprint density at radius 3 is 2.67 bits per heavy atom. The van der Waals surface area contributed by atoms with Gasteiger partial charge in [0.15, 0.2) is 6.29 Å². The SMILES string of the molecule is O=C(CC1OCCCO1)N1CCC[C@H]1C[C@H](O)c1ccc(F)cc1. The van der Waals surface area contributed by atoms with E-state index in [0.717, 1.165) is 19.3 Å². The number of aliphatic hydroxyl groups excluding tert-OH is 1. The van der Waals surface area contributed by atoms with Crippen LogP contribution in [0.25, 0.3) is 0 Å². The number of carbonyl (C=O) groups excluding carboxylic acids is 1. The molecule has 0 unspecified atom stereocenters. The number of hydrogen-bond donors (Lipinski definition) is 1. The third-order valence-corrected chi connectivity index (χ3v) is 4.69. The van der Waals surface area contributed by atoms with Gasteiger partial charge in [-0.1, -0.05) is 12.1 Å². The molecule has 0 bridgehead atoms. The van der Waals surface area contributed by atoms with Crippen LogP contribution in [-0.4, -0.2) is 48.0 Å². The van der Waals surface area contributed by atoms with E-state index >= 15 is 0 Å². The maximum absolute atomic E-state index is 13.0. The number of ether oxygens (including phenoxy) is 2. The molecule has 2 aliphatic rings. The second kappa shape index (κ2) is 8.05. The van der Waals surface area contributed by atoms with Gasteiger partial charge in [0.05, 0.1) is 25.7 Å². The molecule has 2 atom stereocenters. The minimum Gasteiger partial charge on any atom is -0.388 e. The Morgan fingerprint density at radius 1 is 1.25 bits per heavy atom. The van der Waals surface area contributed by atoms with E-state index in [4.69, 9.17) is 9.47 Å². The summed E-state index contributed by atoms with van der Waals surface area (Å²) >= 11 is 0. The molecular weight excluding hydrogens is 313 g/mol. The molecule has 132 valence electrons. The van der Waals surface area contributed by atoms with Crippen LogP contribution in [0.15, 0.2) is 24.3 Å². The van der Waals surface area contributed by atoms with Crippen molar-refractivity contribution in [3.05, 3.63) is 35.6 Å². The lowest BCUT2D eigenvalue weighted by molar-refractivity contribution is -0.187. The number of benzene rings is 1. The predicted molar refractivity (Wildman–Crippen MR) is 85.6 cm³/mol. The van der Waals surface area contributed by atoms with Crippen LogP contribution in [0.2, 0.25) is 0 Å². The highest BCUT2D eigenvalue weighted by Crippen LogP contribution is 2.28. The van der Waals surface area contributed by atoms with Gasteiger partial charge in [-0.3, -0.25) is 4.79 Å². The van der Waals surface area contributed by atoms with Crippen LogP contribution in [-0.2, 0) is 14.3 Å². The lowest BCUT2D eigenvalue weighted by Gasteiger charge is -2.29. The first-order valence-electron chi connectivity index (χ1n) is 8.59. The third-order valence-electron chi connectivity index (χ3n) is 4.69. The van der Waals surface area contributed by atoms with Crippen molar-refractivity contribution in [1.82, 2.24) is 4.90 Å². The quantitative estimate of drug-likeness (QED) is 0.896. The average Bonchev–Trinajstić information content (AvgIpc) is 3.04. The second-order valence-electron chi connectivity index (χ2n) is 6.42. The number of halogens is 1. The van der Waals surface area contributed by atoms with Crippen LogP contribution in [0.5, 0.6) is 0 Å². The Bertz CT molecular complexity index is 544. The summed E-state index contributed by atoms with van der Waals surface area (Å²) < 4.78 is 23.9. The summed E-state index contributed by atoms with van der Waals surface area (Å²) in [6.07, 6.45) is 2.20. The van der Waals surface area contributed by atoms with E-state index in [2.05, 4.69) is 0 Å². The number of amides is 1. The van der Waals surface area contributed by atoms with Gasteiger partial charge in [0.2, 0.25) is 5.91 Å². The van der Waals surface area contributed by atoms with Crippen molar-refractivity contribution in [3.8, 4) is 0 Å². The summed E-state index contributed by atoms with van der Waals surface area (Å²) in [6.45, 7) is 1.96. The minimum absolute atomic E-state index is 0.00106. The summed E-state index contributed by atoms with van der Waals surface area (Å²) in [4.78, 5) is 14.3. The van der Waals surface area contributed by atoms with Gasteiger partial charge in [-0.05, 0) is 43.4 Å². The fourth-order valence-corrected chi connectivity index (χ4v) is 3.40. The Hall–Kier alpha value is -1.50. The van der Waals surface area contributed by atoms with Crippen LogP contribution < -0.4 is 0 Å². The zero-order chi connectivity index (χ0) is 16.9.